The number of amides is 1. The Kier molecular flexibility index (Phi) is 7.40. The minimum Gasteiger partial charge on any atom is -0.385 e. The predicted molar refractivity (Wildman–Crippen MR) is 84.3 cm³/mol. The van der Waals surface area contributed by atoms with Crippen molar-refractivity contribution in [2.75, 3.05) is 26.1 Å². The van der Waals surface area contributed by atoms with E-state index in [2.05, 4.69) is 10.6 Å². The van der Waals surface area contributed by atoms with Crippen molar-refractivity contribution in [2.45, 2.75) is 13.2 Å². The van der Waals surface area contributed by atoms with Crippen LogP contribution in [0, 0.1) is 18.3 Å². The van der Waals surface area contributed by atoms with Crippen molar-refractivity contribution >= 4 is 23.2 Å². The van der Waals surface area contributed by atoms with Crippen LogP contribution in [0.1, 0.15) is 5.56 Å². The molecular formula is C15H18ClN3O3. The minimum absolute atomic E-state index is 0.0670. The van der Waals surface area contributed by atoms with Crippen LogP contribution in [0.15, 0.2) is 30.0 Å². The van der Waals surface area contributed by atoms with Gasteiger partial charge in [-0.25, -0.2) is 0 Å². The fraction of sp³-hybridized carbons (Fsp3) is 0.333. The van der Waals surface area contributed by atoms with E-state index in [1.807, 2.05) is 13.0 Å². The Labute approximate surface area is 134 Å². The second-order valence-corrected chi connectivity index (χ2v) is 4.80. The highest BCUT2D eigenvalue weighted by atomic mass is 35.5. The van der Waals surface area contributed by atoms with Gasteiger partial charge in [0.15, 0.2) is 6.29 Å². The number of carbonyl (C=O) groups is 1. The smallest absolute Gasteiger partial charge is 0.267 e. The molecule has 1 aromatic rings. The quantitative estimate of drug-likeness (QED) is 0.456. The fourth-order valence-electron chi connectivity index (χ4n) is 1.54. The van der Waals surface area contributed by atoms with Crippen LogP contribution in [0.2, 0.25) is 5.02 Å². The molecular weight excluding hydrogens is 306 g/mol. The van der Waals surface area contributed by atoms with E-state index in [-0.39, 0.29) is 5.57 Å². The monoisotopic (exact) mass is 323 g/mol. The zero-order valence-corrected chi connectivity index (χ0v) is 13.4. The van der Waals surface area contributed by atoms with E-state index >= 15 is 0 Å². The first-order valence-corrected chi connectivity index (χ1v) is 6.86. The molecule has 0 unspecified atom stereocenters. The van der Waals surface area contributed by atoms with Crippen molar-refractivity contribution in [3.63, 3.8) is 0 Å². The number of nitrogens with one attached hydrogen (secondary N) is 2. The summed E-state index contributed by atoms with van der Waals surface area (Å²) in [6, 6.07) is 6.96. The van der Waals surface area contributed by atoms with Crippen molar-refractivity contribution in [1.82, 2.24) is 5.32 Å². The van der Waals surface area contributed by atoms with Gasteiger partial charge in [-0.15, -0.1) is 0 Å². The summed E-state index contributed by atoms with van der Waals surface area (Å²) in [5.74, 6) is -0.527. The van der Waals surface area contributed by atoms with Gasteiger partial charge in [0.1, 0.15) is 11.6 Å². The van der Waals surface area contributed by atoms with Crippen LogP contribution in [-0.2, 0) is 14.3 Å². The van der Waals surface area contributed by atoms with Crippen LogP contribution in [0.3, 0.4) is 0 Å². The zero-order valence-electron chi connectivity index (χ0n) is 12.6. The Morgan fingerprint density at radius 3 is 2.68 bits per heavy atom. The summed E-state index contributed by atoms with van der Waals surface area (Å²) >= 11 is 5.99. The van der Waals surface area contributed by atoms with Gasteiger partial charge in [0.25, 0.3) is 5.91 Å². The Balaban J connectivity index is 2.68. The van der Waals surface area contributed by atoms with E-state index in [1.54, 1.807) is 18.2 Å². The van der Waals surface area contributed by atoms with Crippen molar-refractivity contribution in [3.05, 3.63) is 40.6 Å². The number of halogens is 1. The van der Waals surface area contributed by atoms with E-state index in [0.29, 0.717) is 17.3 Å². The first-order chi connectivity index (χ1) is 10.5. The second-order valence-electron chi connectivity index (χ2n) is 4.40. The van der Waals surface area contributed by atoms with Crippen molar-refractivity contribution in [1.29, 1.82) is 5.26 Å². The molecule has 6 nitrogen and oxygen atoms in total. The number of ether oxygens (including phenoxy) is 2. The molecule has 0 aliphatic rings. The molecule has 2 N–H and O–H groups in total. The number of carbonyl (C=O) groups excluding carboxylic acids is 1. The van der Waals surface area contributed by atoms with Crippen molar-refractivity contribution in [2.24, 2.45) is 0 Å². The molecule has 0 aliphatic carbocycles. The molecule has 1 aromatic carbocycles. The van der Waals surface area contributed by atoms with Gasteiger partial charge < -0.3 is 20.1 Å². The number of aryl methyl sites for hydroxylation is 1. The van der Waals surface area contributed by atoms with E-state index in [1.165, 1.54) is 20.4 Å². The highest BCUT2D eigenvalue weighted by Gasteiger charge is 2.10. The number of hydrogen-bond acceptors (Lipinski definition) is 5. The maximum atomic E-state index is 12.0. The highest BCUT2D eigenvalue weighted by Crippen LogP contribution is 2.20. The van der Waals surface area contributed by atoms with Crippen LogP contribution in [0.25, 0.3) is 0 Å². The number of nitriles is 1. The summed E-state index contributed by atoms with van der Waals surface area (Å²) in [6.07, 6.45) is 0.853. The van der Waals surface area contributed by atoms with Gasteiger partial charge in [-0.3, -0.25) is 4.79 Å². The van der Waals surface area contributed by atoms with Gasteiger partial charge in [-0.2, -0.15) is 5.26 Å². The lowest BCUT2D eigenvalue weighted by Gasteiger charge is -2.13. The average Bonchev–Trinajstić information content (AvgIpc) is 2.51. The van der Waals surface area contributed by atoms with E-state index in [9.17, 15) is 4.79 Å². The molecule has 118 valence electrons. The van der Waals surface area contributed by atoms with Gasteiger partial charge in [0, 0.05) is 31.1 Å². The SMILES string of the molecule is COC(CN/C=C(/C#N)C(=O)Nc1ccc(C)c(Cl)c1)OC. The molecule has 0 spiro atoms. The topological polar surface area (TPSA) is 83.4 Å². The van der Waals surface area contributed by atoms with Gasteiger partial charge in [-0.05, 0) is 24.6 Å². The average molecular weight is 324 g/mol. The summed E-state index contributed by atoms with van der Waals surface area (Å²) in [5.41, 5.74) is 1.36. The molecule has 0 fully saturated rings. The van der Waals surface area contributed by atoms with E-state index < -0.39 is 12.2 Å². The van der Waals surface area contributed by atoms with Crippen molar-refractivity contribution in [3.8, 4) is 6.07 Å². The third kappa shape index (κ3) is 5.37. The fourth-order valence-corrected chi connectivity index (χ4v) is 1.72. The summed E-state index contributed by atoms with van der Waals surface area (Å²) in [4.78, 5) is 12.0. The number of methoxy groups -OCH3 is 2. The summed E-state index contributed by atoms with van der Waals surface area (Å²) in [7, 11) is 3.00. The molecule has 0 bridgehead atoms. The Morgan fingerprint density at radius 2 is 2.14 bits per heavy atom. The lowest BCUT2D eigenvalue weighted by Crippen LogP contribution is -2.27. The highest BCUT2D eigenvalue weighted by molar-refractivity contribution is 6.31. The number of anilines is 1. The number of benzene rings is 1. The first-order valence-electron chi connectivity index (χ1n) is 6.48. The lowest BCUT2D eigenvalue weighted by atomic mass is 10.2. The summed E-state index contributed by atoms with van der Waals surface area (Å²) in [6.45, 7) is 2.17. The molecule has 1 amide bonds. The van der Waals surface area contributed by atoms with E-state index in [0.717, 1.165) is 5.56 Å². The van der Waals surface area contributed by atoms with Gasteiger partial charge in [0.2, 0.25) is 0 Å². The standard InChI is InChI=1S/C15H18ClN3O3/c1-10-4-5-12(6-13(10)16)19-15(20)11(7-17)8-18-9-14(21-2)22-3/h4-6,8,14,18H,9H2,1-3H3,(H,19,20)/b11-8-. The van der Waals surface area contributed by atoms with Gasteiger partial charge in [0.05, 0.1) is 6.54 Å². The molecule has 7 heteroatoms. The third-order valence-corrected chi connectivity index (χ3v) is 3.26. The first kappa shape index (κ1) is 18.0. The Morgan fingerprint density at radius 1 is 1.45 bits per heavy atom. The molecule has 0 saturated carbocycles. The van der Waals surface area contributed by atoms with Gasteiger partial charge >= 0.3 is 0 Å². The summed E-state index contributed by atoms with van der Waals surface area (Å²) < 4.78 is 9.97. The molecule has 0 atom stereocenters. The molecule has 0 aliphatic heterocycles. The molecule has 1 rings (SSSR count). The normalized spacial score (nSPS) is 11.2. The maximum absolute atomic E-state index is 12.0. The summed E-state index contributed by atoms with van der Waals surface area (Å²) in [5, 5.41) is 15.0. The van der Waals surface area contributed by atoms with Crippen LogP contribution in [0.5, 0.6) is 0 Å². The molecule has 0 heterocycles. The van der Waals surface area contributed by atoms with Crippen LogP contribution in [0.4, 0.5) is 5.69 Å². The number of rotatable bonds is 7. The molecule has 0 aromatic heterocycles. The molecule has 0 saturated heterocycles. The number of hydrogen-bond donors (Lipinski definition) is 2. The van der Waals surface area contributed by atoms with Crippen LogP contribution >= 0.6 is 11.6 Å². The Bertz CT molecular complexity index is 592. The largest absolute Gasteiger partial charge is 0.385 e. The van der Waals surface area contributed by atoms with Gasteiger partial charge in [-0.1, -0.05) is 17.7 Å². The van der Waals surface area contributed by atoms with E-state index in [4.69, 9.17) is 26.3 Å². The Hall–Kier alpha value is -2.07. The maximum Gasteiger partial charge on any atom is 0.267 e. The zero-order chi connectivity index (χ0) is 16.5. The van der Waals surface area contributed by atoms with Crippen molar-refractivity contribution < 1.29 is 14.3 Å². The third-order valence-electron chi connectivity index (χ3n) is 2.85. The molecule has 22 heavy (non-hydrogen) atoms. The van der Waals surface area contributed by atoms with Crippen LogP contribution in [-0.4, -0.2) is 33.0 Å². The molecule has 0 radical (unpaired) electrons. The lowest BCUT2D eigenvalue weighted by molar-refractivity contribution is -0.112. The predicted octanol–water partition coefficient (Wildman–Crippen LogP) is 2.20. The minimum atomic E-state index is -0.527. The second kappa shape index (κ2) is 9.05. The number of nitrogens with zero attached hydrogens (tertiary/aromatic N) is 1. The van der Waals surface area contributed by atoms with Crippen LogP contribution < -0.4 is 10.6 Å².